The number of benzene rings is 3. The second kappa shape index (κ2) is 12.0. The lowest BCUT2D eigenvalue weighted by Crippen LogP contribution is -2.47. The maximum atomic E-state index is 13.1. The molecule has 1 N–H and O–H groups in total. The maximum Gasteiger partial charge on any atom is 0.262 e. The molecular weight excluding hydrogens is 528 g/mol. The van der Waals surface area contributed by atoms with Crippen LogP contribution in [-0.2, 0) is 11.2 Å². The molecule has 3 aromatic rings. The summed E-state index contributed by atoms with van der Waals surface area (Å²) in [7, 11) is 2.02. The van der Waals surface area contributed by atoms with Crippen molar-refractivity contribution in [2.75, 3.05) is 39.9 Å². The SMILES string of the molecule is CN(CCCCCCNCN1C(=O)C2=CCCc3cccc(c32)C1=O)CCN1C(=O)c2cccc3cccc(c23)C1=O. The van der Waals surface area contributed by atoms with Gasteiger partial charge in [0.2, 0.25) is 0 Å². The Morgan fingerprint density at radius 1 is 0.738 bits per heavy atom. The van der Waals surface area contributed by atoms with Crippen LogP contribution in [0.2, 0.25) is 0 Å². The van der Waals surface area contributed by atoms with Crippen LogP contribution in [0, 0.1) is 0 Å². The summed E-state index contributed by atoms with van der Waals surface area (Å²) in [5, 5.41) is 4.95. The van der Waals surface area contributed by atoms with E-state index in [-0.39, 0.29) is 30.3 Å². The molecule has 1 aliphatic carbocycles. The molecule has 216 valence electrons. The molecule has 0 aromatic heterocycles. The van der Waals surface area contributed by atoms with Crippen molar-refractivity contribution in [2.24, 2.45) is 0 Å². The number of allylic oxidation sites excluding steroid dienone is 1. The molecule has 2 aliphatic heterocycles. The van der Waals surface area contributed by atoms with Gasteiger partial charge >= 0.3 is 0 Å². The zero-order valence-electron chi connectivity index (χ0n) is 24.0. The number of unbranched alkanes of at least 4 members (excludes halogenated alkanes) is 3. The fourth-order valence-corrected chi connectivity index (χ4v) is 6.34. The van der Waals surface area contributed by atoms with Crippen LogP contribution in [0.3, 0.4) is 0 Å². The number of nitrogens with zero attached hydrogens (tertiary/aromatic N) is 3. The van der Waals surface area contributed by atoms with Crippen LogP contribution in [0.25, 0.3) is 16.3 Å². The predicted molar refractivity (Wildman–Crippen MR) is 162 cm³/mol. The van der Waals surface area contributed by atoms with Gasteiger partial charge in [-0.3, -0.25) is 34.3 Å². The minimum absolute atomic E-state index is 0.204. The maximum absolute atomic E-state index is 13.1. The number of hydrogen-bond donors (Lipinski definition) is 1. The number of likely N-dealkylation sites (N-methyl/N-ethyl adjacent to an activating group) is 1. The number of aryl methyl sites for hydroxylation is 1. The van der Waals surface area contributed by atoms with Crippen molar-refractivity contribution in [3.05, 3.63) is 88.5 Å². The number of hydrogen-bond acceptors (Lipinski definition) is 6. The molecule has 42 heavy (non-hydrogen) atoms. The highest BCUT2D eigenvalue weighted by Gasteiger charge is 2.37. The molecule has 0 radical (unpaired) electrons. The fourth-order valence-electron chi connectivity index (χ4n) is 6.34. The van der Waals surface area contributed by atoms with E-state index in [1.165, 1.54) is 9.80 Å². The number of amides is 4. The third kappa shape index (κ3) is 5.16. The largest absolute Gasteiger partial charge is 0.305 e. The standard InChI is InChI=1S/C34H36N4O4/c1-36(20-21-37-31(39)25-14-6-10-23-11-7-15-26(29(23)25)32(37)40)19-5-3-2-4-18-35-22-38-33(41)27-16-8-12-24-13-9-17-28(30(24)27)34(38)42/h6-8,10-12,14-17,35H,2-5,9,13,18-22H2,1H3. The van der Waals surface area contributed by atoms with E-state index in [9.17, 15) is 19.2 Å². The Labute approximate surface area is 246 Å². The average molecular weight is 565 g/mol. The zero-order valence-corrected chi connectivity index (χ0v) is 24.0. The van der Waals surface area contributed by atoms with Crippen LogP contribution in [0.1, 0.15) is 74.3 Å². The summed E-state index contributed by atoms with van der Waals surface area (Å²) in [6.45, 7) is 2.80. The summed E-state index contributed by atoms with van der Waals surface area (Å²) in [6, 6.07) is 16.9. The van der Waals surface area contributed by atoms with E-state index in [4.69, 9.17) is 0 Å². The summed E-state index contributed by atoms with van der Waals surface area (Å²) in [4.78, 5) is 57.1. The summed E-state index contributed by atoms with van der Waals surface area (Å²) in [5.74, 6) is -0.866. The first-order valence-electron chi connectivity index (χ1n) is 14.9. The van der Waals surface area contributed by atoms with Crippen LogP contribution in [0.4, 0.5) is 0 Å². The van der Waals surface area contributed by atoms with Crippen molar-refractivity contribution in [2.45, 2.75) is 38.5 Å². The quantitative estimate of drug-likeness (QED) is 0.258. The van der Waals surface area contributed by atoms with Crippen LogP contribution in [-0.4, -0.2) is 78.2 Å². The molecule has 0 atom stereocenters. The smallest absolute Gasteiger partial charge is 0.262 e. The highest BCUT2D eigenvalue weighted by molar-refractivity contribution is 6.31. The van der Waals surface area contributed by atoms with E-state index < -0.39 is 0 Å². The molecule has 3 aliphatic rings. The van der Waals surface area contributed by atoms with E-state index >= 15 is 0 Å². The molecule has 0 bridgehead atoms. The first-order chi connectivity index (χ1) is 20.5. The minimum atomic E-state index is -0.222. The molecule has 0 spiro atoms. The van der Waals surface area contributed by atoms with Gasteiger partial charge in [-0.15, -0.1) is 0 Å². The van der Waals surface area contributed by atoms with E-state index in [1.54, 1.807) is 12.1 Å². The van der Waals surface area contributed by atoms with Gasteiger partial charge in [0, 0.05) is 46.3 Å². The van der Waals surface area contributed by atoms with Gasteiger partial charge in [0.25, 0.3) is 23.6 Å². The highest BCUT2D eigenvalue weighted by Crippen LogP contribution is 2.35. The predicted octanol–water partition coefficient (Wildman–Crippen LogP) is 4.49. The number of nitrogens with one attached hydrogen (secondary N) is 1. The molecular formula is C34H36N4O4. The lowest BCUT2D eigenvalue weighted by atomic mass is 9.84. The second-order valence-corrected chi connectivity index (χ2v) is 11.4. The topological polar surface area (TPSA) is 90.0 Å². The average Bonchev–Trinajstić information content (AvgIpc) is 3.01. The van der Waals surface area contributed by atoms with Crippen LogP contribution < -0.4 is 5.32 Å². The minimum Gasteiger partial charge on any atom is -0.305 e. The second-order valence-electron chi connectivity index (χ2n) is 11.4. The Hall–Kier alpha value is -4.14. The summed E-state index contributed by atoms with van der Waals surface area (Å²) >= 11 is 0. The molecule has 0 unspecified atom stereocenters. The number of imide groups is 2. The molecule has 0 saturated carbocycles. The van der Waals surface area contributed by atoms with Gasteiger partial charge in [0.1, 0.15) is 0 Å². The highest BCUT2D eigenvalue weighted by atomic mass is 16.2. The Morgan fingerprint density at radius 3 is 2.17 bits per heavy atom. The molecule has 4 amide bonds. The van der Waals surface area contributed by atoms with Crippen molar-refractivity contribution >= 4 is 40.0 Å². The first-order valence-corrected chi connectivity index (χ1v) is 14.9. The van der Waals surface area contributed by atoms with Gasteiger partial charge in [0.05, 0.1) is 6.67 Å². The molecule has 0 saturated heterocycles. The summed E-state index contributed by atoms with van der Waals surface area (Å²) in [6.07, 6.45) is 7.69. The summed E-state index contributed by atoms with van der Waals surface area (Å²) in [5.41, 5.74) is 4.39. The molecule has 8 nitrogen and oxygen atoms in total. The molecule has 6 rings (SSSR count). The number of rotatable bonds is 12. The molecule has 0 fully saturated rings. The first kappa shape index (κ1) is 28.0. The van der Waals surface area contributed by atoms with Crippen molar-refractivity contribution < 1.29 is 19.2 Å². The lowest BCUT2D eigenvalue weighted by Gasteiger charge is -2.31. The Bertz CT molecular complexity index is 1560. The third-order valence-electron chi connectivity index (χ3n) is 8.61. The van der Waals surface area contributed by atoms with Crippen molar-refractivity contribution in [3.63, 3.8) is 0 Å². The van der Waals surface area contributed by atoms with Crippen molar-refractivity contribution in [3.8, 4) is 0 Å². The van der Waals surface area contributed by atoms with Crippen molar-refractivity contribution in [1.29, 1.82) is 0 Å². The lowest BCUT2D eigenvalue weighted by molar-refractivity contribution is -0.123. The van der Waals surface area contributed by atoms with Crippen LogP contribution >= 0.6 is 0 Å². The van der Waals surface area contributed by atoms with Gasteiger partial charge in [-0.1, -0.05) is 55.3 Å². The Morgan fingerprint density at radius 2 is 1.40 bits per heavy atom. The molecule has 8 heteroatoms. The van der Waals surface area contributed by atoms with E-state index in [0.29, 0.717) is 35.4 Å². The number of carbonyl (C=O) groups excluding carboxylic acids is 4. The Balaban J connectivity index is 0.896. The fraction of sp³-hybridized carbons (Fsp3) is 0.353. The molecule has 3 aromatic carbocycles. The monoisotopic (exact) mass is 564 g/mol. The summed E-state index contributed by atoms with van der Waals surface area (Å²) < 4.78 is 0. The van der Waals surface area contributed by atoms with Gasteiger partial charge < -0.3 is 4.90 Å². The zero-order chi connectivity index (χ0) is 29.2. The Kier molecular flexibility index (Phi) is 8.00. The van der Waals surface area contributed by atoms with Gasteiger partial charge in [-0.25, -0.2) is 0 Å². The van der Waals surface area contributed by atoms with Gasteiger partial charge in [-0.2, -0.15) is 0 Å². The molecule has 2 heterocycles. The van der Waals surface area contributed by atoms with Crippen molar-refractivity contribution in [1.82, 2.24) is 20.0 Å². The third-order valence-corrected chi connectivity index (χ3v) is 8.61. The van der Waals surface area contributed by atoms with E-state index in [2.05, 4.69) is 10.2 Å². The van der Waals surface area contributed by atoms with Crippen LogP contribution in [0.15, 0.2) is 60.7 Å². The number of carbonyl (C=O) groups is 4. The van der Waals surface area contributed by atoms with Gasteiger partial charge in [-0.05, 0) is 75.0 Å². The normalized spacial score (nSPS) is 16.0. The van der Waals surface area contributed by atoms with Crippen LogP contribution in [0.5, 0.6) is 0 Å². The van der Waals surface area contributed by atoms with Gasteiger partial charge in [0.15, 0.2) is 0 Å². The van der Waals surface area contributed by atoms with E-state index in [0.717, 1.165) is 73.5 Å². The van der Waals surface area contributed by atoms with E-state index in [1.807, 2.05) is 55.6 Å².